The van der Waals surface area contributed by atoms with Crippen molar-refractivity contribution in [3.8, 4) is 0 Å². The van der Waals surface area contributed by atoms with Crippen LogP contribution >= 0.6 is 0 Å². The highest BCUT2D eigenvalue weighted by molar-refractivity contribution is 6.17. The monoisotopic (exact) mass is 308 g/mol. The van der Waals surface area contributed by atoms with Crippen LogP contribution in [-0.4, -0.2) is 18.1 Å². The normalized spacial score (nSPS) is 16.5. The largest absolute Gasteiger partial charge is 0.416 e. The van der Waals surface area contributed by atoms with Gasteiger partial charge in [0.25, 0.3) is 0 Å². The maximum absolute atomic E-state index is 12.6. The fraction of sp³-hybridized carbons (Fsp3) is 0.200. The molecular weight excluding hydrogens is 293 g/mol. The van der Waals surface area contributed by atoms with Crippen LogP contribution in [0.15, 0.2) is 57.8 Å². The molecule has 4 N–H and O–H groups in total. The lowest BCUT2D eigenvalue weighted by Crippen LogP contribution is -2.12. The highest BCUT2D eigenvalue weighted by Gasteiger charge is 2.30. The fourth-order valence-electron chi connectivity index (χ4n) is 1.84. The van der Waals surface area contributed by atoms with E-state index in [4.69, 9.17) is 11.5 Å². The Morgan fingerprint density at radius 3 is 2.41 bits per heavy atom. The average molecular weight is 308 g/mol. The summed E-state index contributed by atoms with van der Waals surface area (Å²) in [5.41, 5.74) is 12.6. The van der Waals surface area contributed by atoms with Gasteiger partial charge in [-0.1, -0.05) is 12.1 Å². The summed E-state index contributed by atoms with van der Waals surface area (Å²) < 4.78 is 37.7. The summed E-state index contributed by atoms with van der Waals surface area (Å²) in [5, 5.41) is 0. The summed E-state index contributed by atoms with van der Waals surface area (Å²) in [5.74, 6) is 0.318. The Morgan fingerprint density at radius 1 is 1.23 bits per heavy atom. The Morgan fingerprint density at radius 2 is 1.86 bits per heavy atom. The topological polar surface area (TPSA) is 76.8 Å². The zero-order valence-corrected chi connectivity index (χ0v) is 11.9. The van der Waals surface area contributed by atoms with Crippen LogP contribution in [0.5, 0.6) is 0 Å². The van der Waals surface area contributed by atoms with E-state index < -0.39 is 11.7 Å². The third-order valence-electron chi connectivity index (χ3n) is 2.91. The first-order chi connectivity index (χ1) is 10.3. The Balaban J connectivity index is 2.38. The van der Waals surface area contributed by atoms with Crippen molar-refractivity contribution < 1.29 is 13.2 Å². The second-order valence-corrected chi connectivity index (χ2v) is 4.78. The predicted octanol–water partition coefficient (Wildman–Crippen LogP) is 2.61. The number of amidine groups is 1. The van der Waals surface area contributed by atoms with E-state index in [1.54, 1.807) is 19.1 Å². The van der Waals surface area contributed by atoms with Gasteiger partial charge in [0.2, 0.25) is 0 Å². The summed E-state index contributed by atoms with van der Waals surface area (Å²) in [6.07, 6.45) is -1.10. The van der Waals surface area contributed by atoms with Crippen molar-refractivity contribution in [2.45, 2.75) is 13.1 Å². The second-order valence-electron chi connectivity index (χ2n) is 4.78. The van der Waals surface area contributed by atoms with E-state index in [1.807, 2.05) is 0 Å². The van der Waals surface area contributed by atoms with Gasteiger partial charge in [0, 0.05) is 11.3 Å². The van der Waals surface area contributed by atoms with Gasteiger partial charge in [-0.05, 0) is 31.2 Å². The Bertz CT molecular complexity index is 676. The van der Waals surface area contributed by atoms with Crippen molar-refractivity contribution >= 4 is 11.5 Å². The molecular formula is C15H15F3N4. The maximum atomic E-state index is 12.6. The quantitative estimate of drug-likeness (QED) is 0.881. The molecule has 1 aromatic rings. The minimum atomic E-state index is -4.37. The number of hydrogen-bond donors (Lipinski definition) is 2. The summed E-state index contributed by atoms with van der Waals surface area (Å²) in [6.45, 7) is 1.99. The van der Waals surface area contributed by atoms with E-state index in [9.17, 15) is 13.2 Å². The molecule has 4 nitrogen and oxygen atoms in total. The molecule has 7 heteroatoms. The number of hydrogen-bond acceptors (Lipinski definition) is 4. The molecule has 0 saturated carbocycles. The third-order valence-corrected chi connectivity index (χ3v) is 2.91. The number of benzene rings is 1. The molecule has 0 aliphatic carbocycles. The van der Waals surface area contributed by atoms with Crippen molar-refractivity contribution in [1.82, 2.24) is 0 Å². The molecule has 1 aliphatic heterocycles. The van der Waals surface area contributed by atoms with Crippen molar-refractivity contribution in [3.63, 3.8) is 0 Å². The summed E-state index contributed by atoms with van der Waals surface area (Å²) in [7, 11) is 0. The summed E-state index contributed by atoms with van der Waals surface area (Å²) in [4.78, 5) is 8.51. The lowest BCUT2D eigenvalue weighted by Gasteiger charge is -2.08. The van der Waals surface area contributed by atoms with Gasteiger partial charge in [-0.15, -0.1) is 0 Å². The zero-order valence-electron chi connectivity index (χ0n) is 11.9. The highest BCUT2D eigenvalue weighted by Crippen LogP contribution is 2.29. The molecule has 2 rings (SSSR count). The van der Waals surface area contributed by atoms with Gasteiger partial charge < -0.3 is 11.5 Å². The van der Waals surface area contributed by atoms with E-state index in [0.29, 0.717) is 35.0 Å². The second kappa shape index (κ2) is 6.05. The molecule has 0 saturated heterocycles. The first-order valence-electron chi connectivity index (χ1n) is 6.48. The number of halogens is 3. The molecule has 0 aromatic heterocycles. The van der Waals surface area contributed by atoms with Gasteiger partial charge in [-0.25, -0.2) is 4.99 Å². The number of nitrogens with two attached hydrogens (primary N) is 2. The number of nitrogens with zero attached hydrogens (tertiary/aromatic N) is 2. The van der Waals surface area contributed by atoms with Gasteiger partial charge in [0.05, 0.1) is 23.5 Å². The lowest BCUT2D eigenvalue weighted by molar-refractivity contribution is -0.137. The van der Waals surface area contributed by atoms with Gasteiger partial charge in [-0.3, -0.25) is 4.99 Å². The van der Waals surface area contributed by atoms with Crippen LogP contribution in [0.4, 0.5) is 13.2 Å². The minimum absolute atomic E-state index is 0.298. The van der Waals surface area contributed by atoms with Gasteiger partial charge in [-0.2, -0.15) is 13.2 Å². The van der Waals surface area contributed by atoms with Gasteiger partial charge in [0.1, 0.15) is 0 Å². The standard InChI is InChI=1S/C15H15F3N4/c1-9(19)8-13-12(20)6-7-21-14(22-13)10-2-4-11(5-3-10)15(16,17)18/h2-6,8H,7,19-20H2,1H3/b9-8-. The maximum Gasteiger partial charge on any atom is 0.416 e. The molecule has 1 aliphatic rings. The fourth-order valence-corrected chi connectivity index (χ4v) is 1.84. The number of allylic oxidation sites excluding steroid dienone is 2. The highest BCUT2D eigenvalue weighted by atomic mass is 19.4. The van der Waals surface area contributed by atoms with E-state index in [1.165, 1.54) is 12.1 Å². The average Bonchev–Trinajstić information content (AvgIpc) is 2.60. The van der Waals surface area contributed by atoms with Crippen LogP contribution in [0.25, 0.3) is 0 Å². The van der Waals surface area contributed by atoms with E-state index >= 15 is 0 Å². The Kier molecular flexibility index (Phi) is 4.35. The van der Waals surface area contributed by atoms with E-state index in [2.05, 4.69) is 9.98 Å². The first-order valence-corrected chi connectivity index (χ1v) is 6.48. The number of alkyl halides is 3. The van der Waals surface area contributed by atoms with Crippen molar-refractivity contribution in [2.24, 2.45) is 21.5 Å². The molecule has 1 heterocycles. The summed E-state index contributed by atoms with van der Waals surface area (Å²) in [6, 6.07) is 4.67. The van der Waals surface area contributed by atoms with Gasteiger partial charge >= 0.3 is 6.18 Å². The van der Waals surface area contributed by atoms with Crippen LogP contribution < -0.4 is 11.5 Å². The van der Waals surface area contributed by atoms with E-state index in [-0.39, 0.29) is 0 Å². The number of aliphatic imine (C=N–C) groups is 2. The smallest absolute Gasteiger partial charge is 0.402 e. The van der Waals surface area contributed by atoms with Crippen molar-refractivity contribution in [3.05, 3.63) is 58.9 Å². The summed E-state index contributed by atoms with van der Waals surface area (Å²) >= 11 is 0. The third kappa shape index (κ3) is 3.75. The molecule has 0 fully saturated rings. The van der Waals surface area contributed by atoms with Gasteiger partial charge in [0.15, 0.2) is 5.84 Å². The molecule has 22 heavy (non-hydrogen) atoms. The molecule has 0 bridgehead atoms. The Labute approximate surface area is 125 Å². The molecule has 116 valence electrons. The van der Waals surface area contributed by atoms with Crippen molar-refractivity contribution in [1.29, 1.82) is 0 Å². The van der Waals surface area contributed by atoms with Crippen LogP contribution in [0.1, 0.15) is 18.1 Å². The minimum Gasteiger partial charge on any atom is -0.402 e. The Hall–Kier alpha value is -2.57. The van der Waals surface area contributed by atoms with Crippen LogP contribution in [0.3, 0.4) is 0 Å². The molecule has 0 amide bonds. The molecule has 1 aromatic carbocycles. The predicted molar refractivity (Wildman–Crippen MR) is 80.5 cm³/mol. The SMILES string of the molecule is C/C(N)=C/C1=NC(c2ccc(C(F)(F)F)cc2)=NCC=C1N. The van der Waals surface area contributed by atoms with Crippen molar-refractivity contribution in [2.75, 3.05) is 6.54 Å². The van der Waals surface area contributed by atoms with Crippen LogP contribution in [0.2, 0.25) is 0 Å². The van der Waals surface area contributed by atoms with E-state index in [0.717, 1.165) is 12.1 Å². The molecule has 0 radical (unpaired) electrons. The molecule has 0 unspecified atom stereocenters. The number of rotatable bonds is 2. The zero-order chi connectivity index (χ0) is 16.3. The lowest BCUT2D eigenvalue weighted by atomic mass is 10.1. The first kappa shape index (κ1) is 15.8. The molecule has 0 atom stereocenters. The molecule has 0 spiro atoms. The van der Waals surface area contributed by atoms with Crippen LogP contribution in [-0.2, 0) is 6.18 Å². The van der Waals surface area contributed by atoms with Crippen LogP contribution in [0, 0.1) is 0 Å².